The second-order valence-corrected chi connectivity index (χ2v) is 4.40. The normalized spacial score (nSPS) is 17.9. The van der Waals surface area contributed by atoms with Crippen molar-refractivity contribution < 1.29 is 14.3 Å². The molecule has 5 nitrogen and oxygen atoms in total. The van der Waals surface area contributed by atoms with E-state index in [4.69, 9.17) is 9.52 Å². The Morgan fingerprint density at radius 1 is 1.53 bits per heavy atom. The number of aromatic carboxylic acids is 1. The molecule has 1 saturated heterocycles. The topological polar surface area (TPSA) is 65.7 Å². The van der Waals surface area contributed by atoms with Gasteiger partial charge in [-0.3, -0.25) is 4.90 Å². The van der Waals surface area contributed by atoms with E-state index in [1.807, 2.05) is 6.92 Å². The van der Waals surface area contributed by atoms with E-state index >= 15 is 0 Å². The number of furan rings is 1. The number of nitrogens with one attached hydrogen (secondary N) is 1. The lowest BCUT2D eigenvalue weighted by Gasteiger charge is -2.18. The van der Waals surface area contributed by atoms with Gasteiger partial charge in [-0.05, 0) is 38.1 Å². The van der Waals surface area contributed by atoms with Gasteiger partial charge in [-0.1, -0.05) is 0 Å². The molecule has 17 heavy (non-hydrogen) atoms. The molecular weight excluding hydrogens is 220 g/mol. The van der Waals surface area contributed by atoms with Gasteiger partial charge in [-0.15, -0.1) is 0 Å². The van der Waals surface area contributed by atoms with Crippen LogP contribution in [0.25, 0.3) is 0 Å². The van der Waals surface area contributed by atoms with Crippen molar-refractivity contribution in [2.24, 2.45) is 0 Å². The lowest BCUT2D eigenvalue weighted by Crippen LogP contribution is -2.27. The summed E-state index contributed by atoms with van der Waals surface area (Å²) in [5, 5.41) is 12.2. The molecule has 94 valence electrons. The molecule has 5 heteroatoms. The minimum Gasteiger partial charge on any atom is -0.475 e. The average molecular weight is 238 g/mol. The van der Waals surface area contributed by atoms with Crippen molar-refractivity contribution in [3.63, 3.8) is 0 Å². The first-order chi connectivity index (χ1) is 8.16. The molecule has 1 fully saturated rings. The summed E-state index contributed by atoms with van der Waals surface area (Å²) in [6, 6.07) is 1.59. The van der Waals surface area contributed by atoms with Crippen molar-refractivity contribution in [2.75, 3.05) is 26.2 Å². The lowest BCUT2D eigenvalue weighted by atomic mass is 10.2. The van der Waals surface area contributed by atoms with Gasteiger partial charge in [0.05, 0.1) is 6.54 Å². The minimum atomic E-state index is -1.00. The highest BCUT2D eigenvalue weighted by Crippen LogP contribution is 2.17. The fraction of sp³-hybridized carbons (Fsp3) is 0.583. The van der Waals surface area contributed by atoms with E-state index in [0.29, 0.717) is 6.54 Å². The highest BCUT2D eigenvalue weighted by molar-refractivity contribution is 5.84. The van der Waals surface area contributed by atoms with Crippen LogP contribution in [-0.4, -0.2) is 42.2 Å². The maximum Gasteiger partial charge on any atom is 0.371 e. The third kappa shape index (κ3) is 3.08. The summed E-state index contributed by atoms with van der Waals surface area (Å²) in [5.41, 5.74) is 0.916. The molecule has 0 atom stereocenters. The van der Waals surface area contributed by atoms with Crippen molar-refractivity contribution in [1.29, 1.82) is 0 Å². The molecule has 0 saturated carbocycles. The molecule has 1 aliphatic rings. The molecule has 0 aliphatic carbocycles. The third-order valence-corrected chi connectivity index (χ3v) is 3.03. The van der Waals surface area contributed by atoms with Crippen LogP contribution in [0, 0.1) is 6.92 Å². The predicted molar refractivity (Wildman–Crippen MR) is 63.2 cm³/mol. The number of carboxylic acid groups (broad SMARTS) is 1. The number of aryl methyl sites for hydroxylation is 1. The monoisotopic (exact) mass is 238 g/mol. The zero-order valence-electron chi connectivity index (χ0n) is 10.0. The Hall–Kier alpha value is -1.33. The maximum atomic E-state index is 10.8. The molecule has 1 aromatic heterocycles. The quantitative estimate of drug-likeness (QED) is 0.825. The number of nitrogens with zero attached hydrogens (tertiary/aromatic N) is 1. The third-order valence-electron chi connectivity index (χ3n) is 3.03. The Bertz CT molecular complexity index is 392. The number of carboxylic acids is 1. The van der Waals surface area contributed by atoms with E-state index in [9.17, 15) is 4.79 Å². The fourth-order valence-electron chi connectivity index (χ4n) is 2.05. The molecular formula is C12H18N2O3. The Morgan fingerprint density at radius 2 is 2.35 bits per heavy atom. The van der Waals surface area contributed by atoms with Crippen molar-refractivity contribution in [3.8, 4) is 0 Å². The smallest absolute Gasteiger partial charge is 0.371 e. The standard InChI is InChI=1S/C12H18N2O3/c1-9-7-10(12(15)16)17-11(9)8-14-5-2-3-13-4-6-14/h7,13H,2-6,8H2,1H3,(H,15,16). The first-order valence-electron chi connectivity index (χ1n) is 5.92. The Morgan fingerprint density at radius 3 is 3.06 bits per heavy atom. The second kappa shape index (κ2) is 5.33. The first-order valence-corrected chi connectivity index (χ1v) is 5.92. The molecule has 0 unspecified atom stereocenters. The highest BCUT2D eigenvalue weighted by Gasteiger charge is 2.16. The van der Waals surface area contributed by atoms with Crippen LogP contribution in [0.4, 0.5) is 0 Å². The van der Waals surface area contributed by atoms with Gasteiger partial charge in [-0.25, -0.2) is 4.79 Å². The zero-order valence-corrected chi connectivity index (χ0v) is 10.0. The van der Waals surface area contributed by atoms with Crippen molar-refractivity contribution in [2.45, 2.75) is 19.9 Å². The molecule has 1 aromatic rings. The van der Waals surface area contributed by atoms with Gasteiger partial charge in [0.1, 0.15) is 5.76 Å². The van der Waals surface area contributed by atoms with Crippen molar-refractivity contribution in [3.05, 3.63) is 23.2 Å². The predicted octanol–water partition coefficient (Wildman–Crippen LogP) is 1.08. The first kappa shape index (κ1) is 12.1. The number of carbonyl (C=O) groups is 1. The van der Waals surface area contributed by atoms with E-state index in [1.54, 1.807) is 6.07 Å². The zero-order chi connectivity index (χ0) is 12.3. The van der Waals surface area contributed by atoms with E-state index < -0.39 is 5.97 Å². The van der Waals surface area contributed by atoms with E-state index in [-0.39, 0.29) is 5.76 Å². The van der Waals surface area contributed by atoms with Crippen LogP contribution in [0.3, 0.4) is 0 Å². The van der Waals surface area contributed by atoms with Crippen LogP contribution < -0.4 is 5.32 Å². The number of hydrogen-bond donors (Lipinski definition) is 2. The molecule has 0 amide bonds. The van der Waals surface area contributed by atoms with Crippen LogP contribution in [0.2, 0.25) is 0 Å². The highest BCUT2D eigenvalue weighted by atomic mass is 16.4. The van der Waals surface area contributed by atoms with Crippen LogP contribution in [0.1, 0.15) is 28.3 Å². The molecule has 0 spiro atoms. The SMILES string of the molecule is Cc1cc(C(=O)O)oc1CN1CCCNCC1. The summed E-state index contributed by atoms with van der Waals surface area (Å²) in [6.07, 6.45) is 1.12. The molecule has 2 N–H and O–H groups in total. The van der Waals surface area contributed by atoms with Gasteiger partial charge >= 0.3 is 5.97 Å². The molecule has 0 radical (unpaired) electrons. The van der Waals surface area contributed by atoms with Crippen LogP contribution in [0.5, 0.6) is 0 Å². The molecule has 2 rings (SSSR count). The summed E-state index contributed by atoms with van der Waals surface area (Å²) in [4.78, 5) is 13.1. The maximum absolute atomic E-state index is 10.8. The van der Waals surface area contributed by atoms with Crippen LogP contribution >= 0.6 is 0 Å². The van der Waals surface area contributed by atoms with Crippen molar-refractivity contribution >= 4 is 5.97 Å². The largest absolute Gasteiger partial charge is 0.475 e. The lowest BCUT2D eigenvalue weighted by molar-refractivity contribution is 0.0658. The second-order valence-electron chi connectivity index (χ2n) is 4.40. The van der Waals surface area contributed by atoms with E-state index in [2.05, 4.69) is 10.2 Å². The van der Waals surface area contributed by atoms with Gasteiger partial charge in [0, 0.05) is 13.1 Å². The number of hydrogen-bond acceptors (Lipinski definition) is 4. The van der Waals surface area contributed by atoms with Crippen LogP contribution in [0.15, 0.2) is 10.5 Å². The molecule has 0 bridgehead atoms. The van der Waals surface area contributed by atoms with E-state index in [0.717, 1.165) is 43.9 Å². The van der Waals surface area contributed by atoms with Gasteiger partial charge in [0.15, 0.2) is 0 Å². The summed E-state index contributed by atoms with van der Waals surface area (Å²) in [5.74, 6) is -0.202. The Balaban J connectivity index is 2.04. The van der Waals surface area contributed by atoms with Gasteiger partial charge in [0.2, 0.25) is 5.76 Å². The summed E-state index contributed by atoms with van der Waals surface area (Å²) < 4.78 is 5.36. The van der Waals surface area contributed by atoms with Crippen LogP contribution in [-0.2, 0) is 6.54 Å². The summed E-state index contributed by atoms with van der Waals surface area (Å²) >= 11 is 0. The minimum absolute atomic E-state index is 0.0328. The van der Waals surface area contributed by atoms with Crippen molar-refractivity contribution in [1.82, 2.24) is 10.2 Å². The molecule has 0 aromatic carbocycles. The average Bonchev–Trinajstić information content (AvgIpc) is 2.52. The Labute approximate surface area is 100 Å². The summed E-state index contributed by atoms with van der Waals surface area (Å²) in [7, 11) is 0. The number of rotatable bonds is 3. The van der Waals surface area contributed by atoms with Gasteiger partial charge < -0.3 is 14.8 Å². The molecule has 2 heterocycles. The van der Waals surface area contributed by atoms with Gasteiger partial charge in [0.25, 0.3) is 0 Å². The molecule has 1 aliphatic heterocycles. The fourth-order valence-corrected chi connectivity index (χ4v) is 2.05. The summed E-state index contributed by atoms with van der Waals surface area (Å²) in [6.45, 7) is 6.61. The van der Waals surface area contributed by atoms with E-state index in [1.165, 1.54) is 0 Å². The Kier molecular flexibility index (Phi) is 3.81. The van der Waals surface area contributed by atoms with Gasteiger partial charge in [-0.2, -0.15) is 0 Å².